The molecule has 1 aromatic heterocycles. The molecule has 2 heterocycles. The van der Waals surface area contributed by atoms with Gasteiger partial charge in [-0.3, -0.25) is 18.2 Å². The minimum absolute atomic E-state index is 0.371. The number of amides is 1. The van der Waals surface area contributed by atoms with E-state index in [0.717, 1.165) is 0 Å². The van der Waals surface area contributed by atoms with Crippen LogP contribution in [0.3, 0.4) is 0 Å². The Hall–Kier alpha value is -3.54. The summed E-state index contributed by atoms with van der Waals surface area (Å²) in [6.07, 6.45) is 1.60. The van der Waals surface area contributed by atoms with E-state index in [9.17, 15) is 27.1 Å². The molecule has 1 saturated heterocycles. The third kappa shape index (κ3) is 4.20. The van der Waals surface area contributed by atoms with E-state index in [2.05, 4.69) is 10.4 Å². The number of hydrogen-bond donors (Lipinski definition) is 3. The fraction of sp³-hybridized carbons (Fsp3) is 0.259. The van der Waals surface area contributed by atoms with Gasteiger partial charge in [0.05, 0.1) is 39.9 Å². The van der Waals surface area contributed by atoms with E-state index in [0.29, 0.717) is 34.8 Å². The van der Waals surface area contributed by atoms with Crippen LogP contribution in [0.5, 0.6) is 0 Å². The topological polar surface area (TPSA) is 90.6 Å². The van der Waals surface area contributed by atoms with E-state index in [4.69, 9.17) is 0 Å². The maximum absolute atomic E-state index is 13.9. The first kappa shape index (κ1) is 26.1. The number of nitrogens with zero attached hydrogens (tertiary/aromatic N) is 3. The van der Waals surface area contributed by atoms with Crippen LogP contribution in [0, 0.1) is 5.82 Å². The van der Waals surface area contributed by atoms with E-state index in [1.165, 1.54) is 16.4 Å². The van der Waals surface area contributed by atoms with Crippen molar-refractivity contribution in [2.75, 3.05) is 4.31 Å². The molecule has 0 bridgehead atoms. The number of fused-ring (bicyclic) bond motifs is 1. The van der Waals surface area contributed by atoms with Crippen LogP contribution in [-0.2, 0) is 4.79 Å². The van der Waals surface area contributed by atoms with E-state index in [1.807, 2.05) is 0 Å². The smallest absolute Gasteiger partial charge is 0.321 e. The number of halogens is 3. The summed E-state index contributed by atoms with van der Waals surface area (Å²) in [7, 11) is -3.67. The summed E-state index contributed by atoms with van der Waals surface area (Å²) in [6.45, 7) is 3.59. The van der Waals surface area contributed by atoms with Crippen LogP contribution in [0.25, 0.3) is 16.6 Å². The van der Waals surface area contributed by atoms with Crippen LogP contribution >= 0.6 is 10.8 Å². The van der Waals surface area contributed by atoms with Crippen LogP contribution in [0.1, 0.15) is 32.4 Å². The zero-order chi connectivity index (χ0) is 27.5. The normalized spacial score (nSPS) is 21.4. The van der Waals surface area contributed by atoms with Crippen molar-refractivity contribution in [3.8, 4) is 5.69 Å². The Morgan fingerprint density at radius 3 is 2.29 bits per heavy atom. The van der Waals surface area contributed by atoms with E-state index in [1.54, 1.807) is 85.4 Å². The molecule has 1 amide bonds. The summed E-state index contributed by atoms with van der Waals surface area (Å²) < 4.78 is 66.1. The van der Waals surface area contributed by atoms with Crippen molar-refractivity contribution in [1.29, 1.82) is 0 Å². The Balaban J connectivity index is 1.64. The molecule has 0 unspecified atom stereocenters. The van der Waals surface area contributed by atoms with Gasteiger partial charge in [0, 0.05) is 12.3 Å². The first-order valence-electron chi connectivity index (χ1n) is 11.9. The lowest BCUT2D eigenvalue weighted by atomic mass is 9.90. The molecule has 3 N–H and O–H groups in total. The second kappa shape index (κ2) is 9.04. The van der Waals surface area contributed by atoms with Crippen molar-refractivity contribution in [2.45, 2.75) is 43.5 Å². The highest BCUT2D eigenvalue weighted by Crippen LogP contribution is 2.68. The molecule has 2 atom stereocenters. The summed E-state index contributed by atoms with van der Waals surface area (Å²) in [5.41, 5.74) is 2.37. The predicted octanol–water partition coefficient (Wildman–Crippen LogP) is 6.31. The van der Waals surface area contributed by atoms with Crippen molar-refractivity contribution in [3.63, 3.8) is 0 Å². The number of aromatic nitrogens is 2. The minimum atomic E-state index is -3.67. The second-order valence-electron chi connectivity index (χ2n) is 9.92. The van der Waals surface area contributed by atoms with Crippen molar-refractivity contribution in [1.82, 2.24) is 15.1 Å². The van der Waals surface area contributed by atoms with E-state index < -0.39 is 39.4 Å². The number of benzene rings is 3. The molecule has 11 heteroatoms. The standard InChI is InChI=1S/C27H27F3N4O3S/c1-26(2)24(32-25(35)27(3,29)30)23(17-7-5-4-6-8-17)34(38(26,36)37)21-13-14-22-18(15-21)16-31-33(22)20-11-9-19(28)10-12-20/h4-16,23-24,36-37H,1-3H3,(H,32,35)/t23-,24-/m1/s1. The molecule has 1 aliphatic rings. The number of rotatable bonds is 5. The van der Waals surface area contributed by atoms with Crippen molar-refractivity contribution in [3.05, 3.63) is 90.4 Å². The lowest BCUT2D eigenvalue weighted by Gasteiger charge is -2.47. The van der Waals surface area contributed by atoms with Crippen molar-refractivity contribution >= 4 is 33.3 Å². The van der Waals surface area contributed by atoms with Crippen molar-refractivity contribution in [2.24, 2.45) is 0 Å². The molecular weight excluding hydrogens is 517 g/mol. The fourth-order valence-electron chi connectivity index (χ4n) is 4.85. The molecule has 1 fully saturated rings. The summed E-state index contributed by atoms with van der Waals surface area (Å²) in [5, 5.41) is 7.47. The highest BCUT2D eigenvalue weighted by Gasteiger charge is 2.60. The number of alkyl halides is 2. The molecular formula is C27H27F3N4O3S. The molecule has 4 aromatic rings. The van der Waals surface area contributed by atoms with Gasteiger partial charge in [0.2, 0.25) is 0 Å². The average Bonchev–Trinajstić information content (AvgIpc) is 3.35. The third-order valence-corrected chi connectivity index (χ3v) is 9.65. The molecule has 0 radical (unpaired) electrons. The van der Waals surface area contributed by atoms with Gasteiger partial charge in [0.25, 0.3) is 5.91 Å². The number of carbonyl (C=O) groups is 1. The maximum Gasteiger partial charge on any atom is 0.321 e. The van der Waals surface area contributed by atoms with E-state index >= 15 is 0 Å². The summed E-state index contributed by atoms with van der Waals surface area (Å²) in [6, 6.07) is 17.9. The maximum atomic E-state index is 13.9. The van der Waals surface area contributed by atoms with Gasteiger partial charge in [-0.2, -0.15) is 13.9 Å². The molecule has 0 saturated carbocycles. The number of anilines is 1. The molecule has 0 aliphatic carbocycles. The van der Waals surface area contributed by atoms with Gasteiger partial charge in [-0.15, -0.1) is 10.8 Å². The first-order valence-corrected chi connectivity index (χ1v) is 13.4. The fourth-order valence-corrected chi connectivity index (χ4v) is 6.85. The molecule has 1 aliphatic heterocycles. The molecule has 200 valence electrons. The molecule has 3 aromatic carbocycles. The Morgan fingerprint density at radius 1 is 1.03 bits per heavy atom. The first-order chi connectivity index (χ1) is 17.8. The van der Waals surface area contributed by atoms with Gasteiger partial charge in [-0.05, 0) is 61.9 Å². The Morgan fingerprint density at radius 2 is 1.66 bits per heavy atom. The third-order valence-electron chi connectivity index (χ3n) is 7.00. The zero-order valence-electron chi connectivity index (χ0n) is 20.8. The number of hydrogen-bond acceptors (Lipinski definition) is 5. The Labute approximate surface area is 219 Å². The lowest BCUT2D eigenvalue weighted by Crippen LogP contribution is -2.53. The zero-order valence-corrected chi connectivity index (χ0v) is 21.7. The monoisotopic (exact) mass is 544 g/mol. The molecule has 5 rings (SSSR count). The van der Waals surface area contributed by atoms with E-state index in [-0.39, 0.29) is 5.82 Å². The van der Waals surface area contributed by atoms with Crippen molar-refractivity contribution < 1.29 is 27.1 Å². The van der Waals surface area contributed by atoms with Gasteiger partial charge >= 0.3 is 5.92 Å². The summed E-state index contributed by atoms with van der Waals surface area (Å²) in [5.74, 6) is -5.52. The Bertz CT molecular complexity index is 1490. The molecule has 0 spiro atoms. The SMILES string of the molecule is CC(F)(F)C(=O)N[C@@H]1[C@@H](c2ccccc2)N(c2ccc3c(cnn3-c3ccc(F)cc3)c2)S(O)(O)C1(C)C. The van der Waals surface area contributed by atoms with Gasteiger partial charge in [0.1, 0.15) is 5.82 Å². The van der Waals surface area contributed by atoms with Crippen LogP contribution in [0.4, 0.5) is 18.9 Å². The minimum Gasteiger partial charge on any atom is -0.343 e. The van der Waals surface area contributed by atoms with Crippen LogP contribution in [0.15, 0.2) is 79.0 Å². The van der Waals surface area contributed by atoms with Gasteiger partial charge in [-0.1, -0.05) is 30.3 Å². The number of carbonyl (C=O) groups excluding carboxylic acids is 1. The lowest BCUT2D eigenvalue weighted by molar-refractivity contribution is -0.144. The molecule has 38 heavy (non-hydrogen) atoms. The number of nitrogens with one attached hydrogen (secondary N) is 1. The van der Waals surface area contributed by atoms with Gasteiger partial charge in [0.15, 0.2) is 0 Å². The Kier molecular flexibility index (Phi) is 6.20. The van der Waals surface area contributed by atoms with Crippen LogP contribution in [-0.4, -0.2) is 41.5 Å². The van der Waals surface area contributed by atoms with Gasteiger partial charge < -0.3 is 5.32 Å². The van der Waals surface area contributed by atoms with Crippen LogP contribution in [0.2, 0.25) is 0 Å². The average molecular weight is 545 g/mol. The predicted molar refractivity (Wildman–Crippen MR) is 142 cm³/mol. The largest absolute Gasteiger partial charge is 0.343 e. The highest BCUT2D eigenvalue weighted by molar-refractivity contribution is 8.26. The van der Waals surface area contributed by atoms with Gasteiger partial charge in [-0.25, -0.2) is 9.07 Å². The molecule has 7 nitrogen and oxygen atoms in total. The van der Waals surface area contributed by atoms with Crippen LogP contribution < -0.4 is 9.62 Å². The summed E-state index contributed by atoms with van der Waals surface area (Å²) in [4.78, 5) is 12.4. The summed E-state index contributed by atoms with van der Waals surface area (Å²) >= 11 is 0. The quantitative estimate of drug-likeness (QED) is 0.274. The second-order valence-corrected chi connectivity index (χ2v) is 12.4. The highest BCUT2D eigenvalue weighted by atomic mass is 32.3.